The van der Waals surface area contributed by atoms with Crippen LogP contribution in [-0.4, -0.2) is 16.3 Å². The van der Waals surface area contributed by atoms with Gasteiger partial charge >= 0.3 is 0 Å². The van der Waals surface area contributed by atoms with Crippen LogP contribution in [0.3, 0.4) is 0 Å². The first-order valence-corrected chi connectivity index (χ1v) is 6.19. The Hall–Kier alpha value is -1.32. The van der Waals surface area contributed by atoms with E-state index in [0.29, 0.717) is 0 Å². The van der Waals surface area contributed by atoms with E-state index in [1.54, 1.807) is 6.20 Å². The van der Waals surface area contributed by atoms with E-state index in [4.69, 9.17) is 11.6 Å². The van der Waals surface area contributed by atoms with E-state index in [-0.39, 0.29) is 0 Å². The average molecular weight is 250 g/mol. The number of rotatable bonds is 5. The molecule has 2 aromatic rings. The minimum absolute atomic E-state index is 0.767. The highest BCUT2D eigenvalue weighted by Crippen LogP contribution is 2.22. The van der Waals surface area contributed by atoms with Crippen molar-refractivity contribution < 1.29 is 0 Å². The van der Waals surface area contributed by atoms with Crippen LogP contribution < -0.4 is 5.32 Å². The molecule has 0 spiro atoms. The highest BCUT2D eigenvalue weighted by atomic mass is 35.5. The molecule has 17 heavy (non-hydrogen) atoms. The Morgan fingerprint density at radius 1 is 1.35 bits per heavy atom. The van der Waals surface area contributed by atoms with Crippen LogP contribution in [0, 0.1) is 0 Å². The van der Waals surface area contributed by atoms with Gasteiger partial charge in [-0.15, -0.1) is 0 Å². The molecule has 0 fully saturated rings. The summed E-state index contributed by atoms with van der Waals surface area (Å²) in [5.74, 6) is 0. The van der Waals surface area contributed by atoms with Crippen LogP contribution in [0.15, 0.2) is 36.7 Å². The molecule has 0 radical (unpaired) electrons. The van der Waals surface area contributed by atoms with Crippen molar-refractivity contribution in [3.8, 4) is 5.69 Å². The van der Waals surface area contributed by atoms with Crippen molar-refractivity contribution >= 4 is 11.6 Å². The Bertz CT molecular complexity index is 466. The van der Waals surface area contributed by atoms with Gasteiger partial charge in [0.05, 0.1) is 5.69 Å². The predicted octanol–water partition coefficient (Wildman–Crippen LogP) is 3.03. The second-order valence-corrected chi connectivity index (χ2v) is 4.27. The number of nitrogens with one attached hydrogen (secondary N) is 1. The van der Waals surface area contributed by atoms with E-state index in [1.807, 2.05) is 35.1 Å². The van der Waals surface area contributed by atoms with Crippen molar-refractivity contribution in [2.75, 3.05) is 6.54 Å². The van der Waals surface area contributed by atoms with Crippen molar-refractivity contribution in [3.63, 3.8) is 0 Å². The molecule has 0 saturated carbocycles. The quantitative estimate of drug-likeness (QED) is 0.826. The molecule has 0 saturated heterocycles. The normalized spacial score (nSPS) is 10.7. The third-order valence-electron chi connectivity index (χ3n) is 2.57. The minimum atomic E-state index is 0.767. The Labute approximate surface area is 106 Å². The van der Waals surface area contributed by atoms with Crippen molar-refractivity contribution in [3.05, 3.63) is 47.2 Å². The zero-order valence-corrected chi connectivity index (χ0v) is 10.6. The molecule has 0 aliphatic heterocycles. The Balaban J connectivity index is 2.28. The van der Waals surface area contributed by atoms with E-state index in [2.05, 4.69) is 17.3 Å². The molecule has 0 atom stereocenters. The summed E-state index contributed by atoms with van der Waals surface area (Å²) in [6.07, 6.45) is 4.81. The van der Waals surface area contributed by atoms with E-state index in [9.17, 15) is 0 Å². The lowest BCUT2D eigenvalue weighted by molar-refractivity contribution is 0.670. The molecule has 0 amide bonds. The number of hydrogen-bond donors (Lipinski definition) is 1. The molecule has 90 valence electrons. The fourth-order valence-electron chi connectivity index (χ4n) is 1.74. The van der Waals surface area contributed by atoms with Crippen molar-refractivity contribution in [2.24, 2.45) is 0 Å². The van der Waals surface area contributed by atoms with Gasteiger partial charge in [-0.2, -0.15) is 5.10 Å². The van der Waals surface area contributed by atoms with Crippen molar-refractivity contribution in [1.82, 2.24) is 15.1 Å². The second kappa shape index (κ2) is 5.84. The fourth-order valence-corrected chi connectivity index (χ4v) is 1.97. The van der Waals surface area contributed by atoms with Crippen LogP contribution in [0.1, 0.15) is 18.9 Å². The molecule has 1 N–H and O–H groups in total. The van der Waals surface area contributed by atoms with Gasteiger partial charge in [-0.1, -0.05) is 24.6 Å². The van der Waals surface area contributed by atoms with Gasteiger partial charge in [-0.05, 0) is 31.2 Å². The van der Waals surface area contributed by atoms with Crippen LogP contribution in [0.4, 0.5) is 0 Å². The Kier molecular flexibility index (Phi) is 4.18. The van der Waals surface area contributed by atoms with E-state index in [1.165, 1.54) is 0 Å². The molecule has 3 nitrogen and oxygen atoms in total. The zero-order chi connectivity index (χ0) is 12.1. The van der Waals surface area contributed by atoms with E-state index < -0.39 is 0 Å². The summed E-state index contributed by atoms with van der Waals surface area (Å²) in [5, 5.41) is 8.39. The molecule has 0 aliphatic rings. The van der Waals surface area contributed by atoms with Gasteiger partial charge in [0, 0.05) is 29.5 Å². The largest absolute Gasteiger partial charge is 0.313 e. The highest BCUT2D eigenvalue weighted by Gasteiger charge is 2.08. The lowest BCUT2D eigenvalue weighted by atomic mass is 10.1. The van der Waals surface area contributed by atoms with Gasteiger partial charge in [0.2, 0.25) is 0 Å². The Morgan fingerprint density at radius 3 is 2.94 bits per heavy atom. The first-order chi connectivity index (χ1) is 8.33. The maximum atomic E-state index is 6.24. The Morgan fingerprint density at radius 2 is 2.24 bits per heavy atom. The molecular weight excluding hydrogens is 234 g/mol. The third kappa shape index (κ3) is 2.87. The standard InChI is InChI=1S/C13H16ClN3/c1-2-7-15-10-11-12(14)5-3-6-13(11)17-9-4-8-16-17/h3-6,8-9,15H,2,7,10H2,1H3. The number of aromatic nitrogens is 2. The first-order valence-electron chi connectivity index (χ1n) is 5.81. The average Bonchev–Trinajstić information content (AvgIpc) is 2.85. The molecule has 0 unspecified atom stereocenters. The summed E-state index contributed by atoms with van der Waals surface area (Å²) < 4.78 is 1.84. The van der Waals surface area contributed by atoms with E-state index >= 15 is 0 Å². The topological polar surface area (TPSA) is 29.9 Å². The number of benzene rings is 1. The molecule has 2 rings (SSSR count). The predicted molar refractivity (Wildman–Crippen MR) is 70.6 cm³/mol. The molecule has 1 aromatic carbocycles. The SMILES string of the molecule is CCCNCc1c(Cl)cccc1-n1cccn1. The molecule has 4 heteroatoms. The van der Waals surface area contributed by atoms with Gasteiger partial charge < -0.3 is 5.32 Å². The van der Waals surface area contributed by atoms with Gasteiger partial charge in [0.1, 0.15) is 0 Å². The summed E-state index contributed by atoms with van der Waals surface area (Å²) in [6, 6.07) is 7.80. The maximum Gasteiger partial charge on any atom is 0.0705 e. The summed E-state index contributed by atoms with van der Waals surface area (Å²) in [4.78, 5) is 0. The van der Waals surface area contributed by atoms with Gasteiger partial charge in [-0.3, -0.25) is 0 Å². The smallest absolute Gasteiger partial charge is 0.0705 e. The van der Waals surface area contributed by atoms with Gasteiger partial charge in [0.25, 0.3) is 0 Å². The van der Waals surface area contributed by atoms with Gasteiger partial charge in [0.15, 0.2) is 0 Å². The van der Waals surface area contributed by atoms with E-state index in [0.717, 1.165) is 35.8 Å². The summed E-state index contributed by atoms with van der Waals surface area (Å²) in [7, 11) is 0. The molecule has 1 aromatic heterocycles. The van der Waals surface area contributed by atoms with Crippen LogP contribution in [-0.2, 0) is 6.54 Å². The molecular formula is C13H16ClN3. The summed E-state index contributed by atoms with van der Waals surface area (Å²) >= 11 is 6.24. The molecule has 0 aliphatic carbocycles. The first kappa shape index (κ1) is 12.1. The molecule has 1 heterocycles. The van der Waals surface area contributed by atoms with Crippen molar-refractivity contribution in [2.45, 2.75) is 19.9 Å². The highest BCUT2D eigenvalue weighted by molar-refractivity contribution is 6.31. The third-order valence-corrected chi connectivity index (χ3v) is 2.93. The van der Waals surface area contributed by atoms with Crippen LogP contribution in [0.25, 0.3) is 5.69 Å². The van der Waals surface area contributed by atoms with Crippen LogP contribution >= 0.6 is 11.6 Å². The monoisotopic (exact) mass is 249 g/mol. The van der Waals surface area contributed by atoms with Gasteiger partial charge in [-0.25, -0.2) is 4.68 Å². The summed E-state index contributed by atoms with van der Waals surface area (Å²) in [6.45, 7) is 3.90. The zero-order valence-electron chi connectivity index (χ0n) is 9.86. The molecule has 0 bridgehead atoms. The number of hydrogen-bond acceptors (Lipinski definition) is 2. The second-order valence-electron chi connectivity index (χ2n) is 3.86. The minimum Gasteiger partial charge on any atom is -0.313 e. The lowest BCUT2D eigenvalue weighted by Crippen LogP contribution is -2.16. The van der Waals surface area contributed by atoms with Crippen LogP contribution in [0.5, 0.6) is 0 Å². The van der Waals surface area contributed by atoms with Crippen LogP contribution in [0.2, 0.25) is 5.02 Å². The number of nitrogens with zero attached hydrogens (tertiary/aromatic N) is 2. The maximum absolute atomic E-state index is 6.24. The number of halogens is 1. The van der Waals surface area contributed by atoms with Crippen molar-refractivity contribution in [1.29, 1.82) is 0 Å². The lowest BCUT2D eigenvalue weighted by Gasteiger charge is -2.12. The summed E-state index contributed by atoms with van der Waals surface area (Å²) in [5.41, 5.74) is 2.12. The fraction of sp³-hybridized carbons (Fsp3) is 0.308.